The van der Waals surface area contributed by atoms with Crippen molar-refractivity contribution in [3.8, 4) is 32.8 Å². The summed E-state index contributed by atoms with van der Waals surface area (Å²) in [4.78, 5) is 7.63. The maximum Gasteiger partial charge on any atom is 0.124 e. The van der Waals surface area contributed by atoms with Crippen molar-refractivity contribution in [3.63, 3.8) is 0 Å². The molecular weight excluding hydrogens is 601 g/mol. The van der Waals surface area contributed by atoms with Gasteiger partial charge in [-0.1, -0.05) is 140 Å². The number of benzene rings is 8. The minimum absolute atomic E-state index is 1.02. The van der Waals surface area contributed by atoms with E-state index in [2.05, 4.69) is 187 Å². The first-order valence-electron chi connectivity index (χ1n) is 16.2. The van der Waals surface area contributed by atoms with Crippen LogP contribution in [0.1, 0.15) is 0 Å². The van der Waals surface area contributed by atoms with Crippen LogP contribution in [0.15, 0.2) is 182 Å². The molecule has 0 amide bonds. The maximum absolute atomic E-state index is 5.29. The molecule has 0 saturated carbocycles. The van der Waals surface area contributed by atoms with Crippen LogP contribution in [0.25, 0.3) is 64.6 Å². The van der Waals surface area contributed by atoms with Crippen LogP contribution < -0.4 is 4.90 Å². The fourth-order valence-electron chi connectivity index (χ4n) is 6.78. The molecule has 9 aromatic rings. The Kier molecular flexibility index (Phi) is 7.03. The molecule has 8 aromatic carbocycles. The third kappa shape index (κ3) is 5.02. The summed E-state index contributed by atoms with van der Waals surface area (Å²) >= 11 is 1.78. The summed E-state index contributed by atoms with van der Waals surface area (Å²) in [5.41, 5.74) is 10.3. The number of nitrogens with zero attached hydrogens (tertiary/aromatic N) is 2. The lowest BCUT2D eigenvalue weighted by Gasteiger charge is -2.26. The monoisotopic (exact) mass is 630 g/mol. The summed E-state index contributed by atoms with van der Waals surface area (Å²) in [5, 5.41) is 5.99. The second-order valence-corrected chi connectivity index (χ2v) is 13.0. The topological polar surface area (TPSA) is 16.1 Å². The van der Waals surface area contributed by atoms with E-state index < -0.39 is 0 Å². The number of hydrogen-bond acceptors (Lipinski definition) is 3. The molecule has 48 heavy (non-hydrogen) atoms. The van der Waals surface area contributed by atoms with Gasteiger partial charge in [-0.05, 0) is 75.5 Å². The summed E-state index contributed by atoms with van der Waals surface area (Å²) in [7, 11) is 0. The van der Waals surface area contributed by atoms with Crippen molar-refractivity contribution in [2.75, 3.05) is 4.90 Å². The van der Waals surface area contributed by atoms with E-state index in [0.717, 1.165) is 33.1 Å². The van der Waals surface area contributed by atoms with Crippen LogP contribution in [0.4, 0.5) is 17.1 Å². The van der Waals surface area contributed by atoms with Gasteiger partial charge in [0.05, 0.1) is 10.2 Å². The lowest BCUT2D eigenvalue weighted by Crippen LogP contribution is -2.10. The summed E-state index contributed by atoms with van der Waals surface area (Å²) in [5.74, 6) is 0. The average Bonchev–Trinajstić information content (AvgIpc) is 3.63. The zero-order valence-corrected chi connectivity index (χ0v) is 26.9. The van der Waals surface area contributed by atoms with Crippen LogP contribution in [0.2, 0.25) is 0 Å². The second-order valence-electron chi connectivity index (χ2n) is 12.0. The number of anilines is 3. The standard InChI is InChI=1S/C45H30N2S/c1-3-14-31(15-4-1)32-16-11-17-33(28-32)34-18-12-22-37(29-34)47(36-20-5-2-6-21-36)38-23-13-19-35(30-38)45-46-43-41-26-9-7-24-39(41)40-25-8-10-27-42(40)44(43)48-45/h1-30H. The molecule has 0 saturated heterocycles. The van der Waals surface area contributed by atoms with Crippen LogP contribution >= 0.6 is 11.3 Å². The van der Waals surface area contributed by atoms with Gasteiger partial charge in [-0.3, -0.25) is 0 Å². The van der Waals surface area contributed by atoms with Crippen molar-refractivity contribution in [2.24, 2.45) is 0 Å². The van der Waals surface area contributed by atoms with Crippen molar-refractivity contribution >= 4 is 60.2 Å². The van der Waals surface area contributed by atoms with E-state index in [0.29, 0.717) is 0 Å². The second kappa shape index (κ2) is 12.0. The first-order valence-corrected chi connectivity index (χ1v) is 17.0. The zero-order valence-electron chi connectivity index (χ0n) is 26.1. The molecule has 2 nitrogen and oxygen atoms in total. The normalized spacial score (nSPS) is 11.3. The van der Waals surface area contributed by atoms with E-state index in [9.17, 15) is 0 Å². The van der Waals surface area contributed by atoms with Crippen molar-refractivity contribution < 1.29 is 0 Å². The molecule has 0 unspecified atom stereocenters. The Labute approximate surface area is 283 Å². The van der Waals surface area contributed by atoms with E-state index in [4.69, 9.17) is 4.98 Å². The average molecular weight is 631 g/mol. The van der Waals surface area contributed by atoms with Crippen molar-refractivity contribution in [3.05, 3.63) is 182 Å². The molecule has 3 heteroatoms. The number of rotatable bonds is 6. The molecule has 1 aromatic heterocycles. The van der Waals surface area contributed by atoms with Gasteiger partial charge in [-0.25, -0.2) is 4.98 Å². The van der Waals surface area contributed by atoms with E-state index in [1.165, 1.54) is 48.5 Å². The molecule has 0 radical (unpaired) electrons. The largest absolute Gasteiger partial charge is 0.310 e. The lowest BCUT2D eigenvalue weighted by molar-refractivity contribution is 1.28. The first-order chi connectivity index (χ1) is 23.8. The lowest BCUT2D eigenvalue weighted by atomic mass is 9.98. The SMILES string of the molecule is c1ccc(-c2cccc(-c3cccc(N(c4ccccc4)c4cccc(-c5nc6c7ccccc7c7ccccc7c6s5)c4)c3)c2)cc1. The molecule has 0 bridgehead atoms. The third-order valence-electron chi connectivity index (χ3n) is 9.04. The van der Waals surface area contributed by atoms with Gasteiger partial charge in [0.1, 0.15) is 5.01 Å². The predicted octanol–water partition coefficient (Wildman–Crippen LogP) is 13.1. The summed E-state index contributed by atoms with van der Waals surface area (Å²) in [6, 6.07) is 64.9. The third-order valence-corrected chi connectivity index (χ3v) is 10.2. The maximum atomic E-state index is 5.29. The molecule has 0 spiro atoms. The Hall–Kier alpha value is -6.03. The van der Waals surface area contributed by atoms with Gasteiger partial charge >= 0.3 is 0 Å². The molecule has 0 atom stereocenters. The Morgan fingerprint density at radius 1 is 0.354 bits per heavy atom. The summed E-state index contributed by atoms with van der Waals surface area (Å²) in [6.45, 7) is 0. The smallest absolute Gasteiger partial charge is 0.124 e. The Morgan fingerprint density at radius 3 is 1.52 bits per heavy atom. The summed E-state index contributed by atoms with van der Waals surface area (Å²) < 4.78 is 1.23. The van der Waals surface area contributed by atoms with Crippen molar-refractivity contribution in [1.82, 2.24) is 4.98 Å². The first kappa shape index (κ1) is 28.2. The Morgan fingerprint density at radius 2 is 0.812 bits per heavy atom. The van der Waals surface area contributed by atoms with Crippen LogP contribution in [-0.4, -0.2) is 4.98 Å². The minimum atomic E-state index is 1.02. The molecule has 0 aliphatic heterocycles. The van der Waals surface area contributed by atoms with E-state index in [1.54, 1.807) is 11.3 Å². The van der Waals surface area contributed by atoms with Crippen LogP contribution in [0, 0.1) is 0 Å². The molecule has 0 fully saturated rings. The Balaban J connectivity index is 1.16. The molecule has 0 aliphatic rings. The van der Waals surface area contributed by atoms with E-state index in [1.807, 2.05) is 0 Å². The van der Waals surface area contributed by atoms with E-state index >= 15 is 0 Å². The number of thiazole rings is 1. The number of hydrogen-bond donors (Lipinski definition) is 0. The number of fused-ring (bicyclic) bond motifs is 6. The van der Waals surface area contributed by atoms with Crippen LogP contribution in [0.3, 0.4) is 0 Å². The Bertz CT molecular complexity index is 2500. The van der Waals surface area contributed by atoms with Gasteiger partial charge in [0, 0.05) is 33.4 Å². The molecule has 9 rings (SSSR count). The fourth-order valence-corrected chi connectivity index (χ4v) is 7.90. The van der Waals surface area contributed by atoms with Crippen molar-refractivity contribution in [1.29, 1.82) is 0 Å². The minimum Gasteiger partial charge on any atom is -0.310 e. The highest BCUT2D eigenvalue weighted by Crippen LogP contribution is 2.43. The quantitative estimate of drug-likeness (QED) is 0.170. The highest BCUT2D eigenvalue weighted by molar-refractivity contribution is 7.22. The molecule has 0 aliphatic carbocycles. The molecule has 0 N–H and O–H groups in total. The predicted molar refractivity (Wildman–Crippen MR) is 206 cm³/mol. The van der Waals surface area contributed by atoms with Gasteiger partial charge < -0.3 is 4.90 Å². The van der Waals surface area contributed by atoms with Gasteiger partial charge in [-0.15, -0.1) is 11.3 Å². The van der Waals surface area contributed by atoms with Crippen molar-refractivity contribution in [2.45, 2.75) is 0 Å². The molecular formula is C45H30N2S. The number of aromatic nitrogens is 1. The van der Waals surface area contributed by atoms with Gasteiger partial charge in [0.25, 0.3) is 0 Å². The van der Waals surface area contributed by atoms with Crippen LogP contribution in [0.5, 0.6) is 0 Å². The molecule has 1 heterocycles. The van der Waals surface area contributed by atoms with Gasteiger partial charge in [-0.2, -0.15) is 0 Å². The molecule has 226 valence electrons. The van der Waals surface area contributed by atoms with Crippen LogP contribution in [-0.2, 0) is 0 Å². The number of para-hydroxylation sites is 1. The highest BCUT2D eigenvalue weighted by atomic mass is 32.1. The van der Waals surface area contributed by atoms with E-state index in [-0.39, 0.29) is 0 Å². The summed E-state index contributed by atoms with van der Waals surface area (Å²) in [6.07, 6.45) is 0. The van der Waals surface area contributed by atoms with Gasteiger partial charge in [0.2, 0.25) is 0 Å². The highest BCUT2D eigenvalue weighted by Gasteiger charge is 2.17. The van der Waals surface area contributed by atoms with Gasteiger partial charge in [0.15, 0.2) is 0 Å². The fraction of sp³-hybridized carbons (Fsp3) is 0. The zero-order chi connectivity index (χ0) is 31.9.